The van der Waals surface area contributed by atoms with E-state index >= 15 is 0 Å². The summed E-state index contributed by atoms with van der Waals surface area (Å²) in [5, 5.41) is 11.8. The largest absolute Gasteiger partial charge is 0.384 e. The summed E-state index contributed by atoms with van der Waals surface area (Å²) in [4.78, 5) is 14.6. The fourth-order valence-electron chi connectivity index (χ4n) is 2.63. The summed E-state index contributed by atoms with van der Waals surface area (Å²) < 4.78 is 0. The van der Waals surface area contributed by atoms with Gasteiger partial charge in [0.2, 0.25) is 0 Å². The molecule has 4 nitrogen and oxygen atoms in total. The minimum absolute atomic E-state index is 0.0551. The van der Waals surface area contributed by atoms with E-state index in [1.807, 2.05) is 19.1 Å². The van der Waals surface area contributed by atoms with Crippen molar-refractivity contribution in [1.29, 1.82) is 0 Å². The van der Waals surface area contributed by atoms with Crippen LogP contribution in [-0.2, 0) is 0 Å². The average molecular weight is 286 g/mol. The van der Waals surface area contributed by atoms with E-state index in [9.17, 15) is 4.79 Å². The van der Waals surface area contributed by atoms with Crippen LogP contribution in [0.15, 0.2) is 18.2 Å². The molecule has 1 unspecified atom stereocenters. The third-order valence-electron chi connectivity index (χ3n) is 3.96. The van der Waals surface area contributed by atoms with E-state index in [4.69, 9.17) is 5.11 Å². The van der Waals surface area contributed by atoms with E-state index in [0.29, 0.717) is 18.2 Å². The van der Waals surface area contributed by atoms with Gasteiger partial charge in [-0.15, -0.1) is 0 Å². The molecule has 1 aliphatic heterocycles. The normalized spacial score (nSPS) is 18.1. The Morgan fingerprint density at radius 3 is 3.00 bits per heavy atom. The molecule has 0 saturated carbocycles. The number of carbonyl (C=O) groups excluding carboxylic acids is 1. The molecule has 0 aliphatic carbocycles. The maximum absolute atomic E-state index is 12.3. The molecule has 4 heteroatoms. The number of amides is 1. The van der Waals surface area contributed by atoms with Crippen molar-refractivity contribution in [2.24, 2.45) is 0 Å². The Hall–Kier alpha value is -1.83. The Morgan fingerprint density at radius 2 is 2.33 bits per heavy atom. The van der Waals surface area contributed by atoms with Crippen molar-refractivity contribution in [2.75, 3.05) is 26.7 Å². The molecule has 2 rings (SSSR count). The standard InChI is InChI=1S/C17H22N2O2/c1-13-7-8-14(5-4-10-20)11-16(13)17(21)18-12-15-6-3-9-19(15)2/h7-8,11,15,20H,3,6,9-10,12H2,1-2H3,(H,18,21). The van der Waals surface area contributed by atoms with E-state index in [0.717, 1.165) is 24.1 Å². The number of hydrogen-bond acceptors (Lipinski definition) is 3. The van der Waals surface area contributed by atoms with E-state index in [2.05, 4.69) is 29.1 Å². The van der Waals surface area contributed by atoms with Crippen LogP contribution in [-0.4, -0.2) is 48.7 Å². The number of aryl methyl sites for hydroxylation is 1. The van der Waals surface area contributed by atoms with Gasteiger partial charge in [0, 0.05) is 23.7 Å². The molecule has 1 heterocycles. The van der Waals surface area contributed by atoms with Crippen LogP contribution in [0.5, 0.6) is 0 Å². The van der Waals surface area contributed by atoms with Crippen molar-refractivity contribution in [2.45, 2.75) is 25.8 Å². The molecule has 112 valence electrons. The molecule has 1 atom stereocenters. The number of benzene rings is 1. The number of hydrogen-bond donors (Lipinski definition) is 2. The molecule has 21 heavy (non-hydrogen) atoms. The lowest BCUT2D eigenvalue weighted by molar-refractivity contribution is 0.0943. The lowest BCUT2D eigenvalue weighted by atomic mass is 10.0. The summed E-state index contributed by atoms with van der Waals surface area (Å²) in [7, 11) is 2.10. The van der Waals surface area contributed by atoms with Gasteiger partial charge in [-0.3, -0.25) is 4.79 Å². The molecular formula is C17H22N2O2. The zero-order valence-electron chi connectivity index (χ0n) is 12.6. The maximum atomic E-state index is 12.3. The number of carbonyl (C=O) groups is 1. The number of likely N-dealkylation sites (N-methyl/N-ethyl adjacent to an activating group) is 1. The molecule has 0 spiro atoms. The number of aliphatic hydroxyl groups is 1. The molecule has 1 aromatic carbocycles. The first-order valence-corrected chi connectivity index (χ1v) is 7.30. The second kappa shape index (κ2) is 7.26. The molecular weight excluding hydrogens is 264 g/mol. The van der Waals surface area contributed by atoms with Gasteiger partial charge in [0.1, 0.15) is 6.61 Å². The topological polar surface area (TPSA) is 52.6 Å². The molecule has 0 aromatic heterocycles. The van der Waals surface area contributed by atoms with Gasteiger partial charge in [-0.1, -0.05) is 17.9 Å². The highest BCUT2D eigenvalue weighted by Crippen LogP contribution is 2.14. The Morgan fingerprint density at radius 1 is 1.52 bits per heavy atom. The van der Waals surface area contributed by atoms with Gasteiger partial charge in [-0.2, -0.15) is 0 Å². The molecule has 0 radical (unpaired) electrons. The maximum Gasteiger partial charge on any atom is 0.251 e. The average Bonchev–Trinajstić information content (AvgIpc) is 2.89. The summed E-state index contributed by atoms with van der Waals surface area (Å²) >= 11 is 0. The van der Waals surface area contributed by atoms with Crippen molar-refractivity contribution in [1.82, 2.24) is 10.2 Å². The van der Waals surface area contributed by atoms with E-state index in [1.165, 1.54) is 6.42 Å². The second-order valence-electron chi connectivity index (χ2n) is 5.48. The third kappa shape index (κ3) is 4.07. The molecule has 1 aromatic rings. The van der Waals surface area contributed by atoms with Crippen LogP contribution >= 0.6 is 0 Å². The summed E-state index contributed by atoms with van der Waals surface area (Å²) in [5.41, 5.74) is 2.33. The first kappa shape index (κ1) is 15.6. The fourth-order valence-corrected chi connectivity index (χ4v) is 2.63. The van der Waals surface area contributed by atoms with Crippen molar-refractivity contribution in [3.05, 3.63) is 34.9 Å². The Balaban J connectivity index is 2.04. The van der Waals surface area contributed by atoms with Crippen molar-refractivity contribution >= 4 is 5.91 Å². The number of nitrogens with one attached hydrogen (secondary N) is 1. The van der Waals surface area contributed by atoms with Crippen LogP contribution in [0.3, 0.4) is 0 Å². The van der Waals surface area contributed by atoms with Gasteiger partial charge >= 0.3 is 0 Å². The summed E-state index contributed by atoms with van der Waals surface area (Å²) in [6.07, 6.45) is 2.33. The van der Waals surface area contributed by atoms with Crippen LogP contribution in [0.4, 0.5) is 0 Å². The predicted molar refractivity (Wildman–Crippen MR) is 83.1 cm³/mol. The van der Waals surface area contributed by atoms with Gasteiger partial charge in [0.25, 0.3) is 5.91 Å². The van der Waals surface area contributed by atoms with Gasteiger partial charge in [0.05, 0.1) is 0 Å². The SMILES string of the molecule is Cc1ccc(C#CCO)cc1C(=O)NCC1CCCN1C. The van der Waals surface area contributed by atoms with E-state index in [-0.39, 0.29) is 12.5 Å². The summed E-state index contributed by atoms with van der Waals surface area (Å²) in [6, 6.07) is 5.97. The predicted octanol–water partition coefficient (Wildman–Crippen LogP) is 1.16. The fraction of sp³-hybridized carbons (Fsp3) is 0.471. The van der Waals surface area contributed by atoms with Gasteiger partial charge < -0.3 is 15.3 Å². The van der Waals surface area contributed by atoms with E-state index in [1.54, 1.807) is 6.07 Å². The Labute approximate surface area is 126 Å². The Bertz CT molecular complexity index is 572. The summed E-state index contributed by atoms with van der Waals surface area (Å²) in [6.45, 7) is 3.52. The van der Waals surface area contributed by atoms with Crippen LogP contribution in [0, 0.1) is 18.8 Å². The molecule has 0 bridgehead atoms. The third-order valence-corrected chi connectivity index (χ3v) is 3.96. The van der Waals surface area contributed by atoms with Crippen molar-refractivity contribution in [3.8, 4) is 11.8 Å². The Kier molecular flexibility index (Phi) is 5.38. The lowest BCUT2D eigenvalue weighted by Gasteiger charge is -2.20. The van der Waals surface area contributed by atoms with Crippen molar-refractivity contribution in [3.63, 3.8) is 0 Å². The highest BCUT2D eigenvalue weighted by molar-refractivity contribution is 5.96. The van der Waals surface area contributed by atoms with Crippen LogP contribution in [0.25, 0.3) is 0 Å². The van der Waals surface area contributed by atoms with Gasteiger partial charge in [0.15, 0.2) is 0 Å². The minimum Gasteiger partial charge on any atom is -0.384 e. The summed E-state index contributed by atoms with van der Waals surface area (Å²) in [5.74, 6) is 5.38. The second-order valence-corrected chi connectivity index (χ2v) is 5.48. The monoisotopic (exact) mass is 286 g/mol. The first-order chi connectivity index (χ1) is 10.1. The lowest BCUT2D eigenvalue weighted by Crippen LogP contribution is -2.38. The van der Waals surface area contributed by atoms with Crippen LogP contribution < -0.4 is 5.32 Å². The minimum atomic E-state index is -0.177. The molecule has 1 amide bonds. The number of aliphatic hydroxyl groups excluding tert-OH is 1. The van der Waals surface area contributed by atoms with Crippen LogP contribution in [0.2, 0.25) is 0 Å². The van der Waals surface area contributed by atoms with E-state index < -0.39 is 0 Å². The number of likely N-dealkylation sites (tertiary alicyclic amines) is 1. The zero-order chi connectivity index (χ0) is 15.2. The molecule has 1 saturated heterocycles. The van der Waals surface area contributed by atoms with Gasteiger partial charge in [-0.05, 0) is 51.1 Å². The van der Waals surface area contributed by atoms with Crippen molar-refractivity contribution < 1.29 is 9.90 Å². The van der Waals surface area contributed by atoms with Gasteiger partial charge in [-0.25, -0.2) is 0 Å². The van der Waals surface area contributed by atoms with Crippen LogP contribution in [0.1, 0.15) is 34.3 Å². The molecule has 1 aliphatic rings. The molecule has 1 fully saturated rings. The quantitative estimate of drug-likeness (QED) is 0.820. The highest BCUT2D eigenvalue weighted by Gasteiger charge is 2.21. The number of nitrogens with zero attached hydrogens (tertiary/aromatic N) is 1. The smallest absolute Gasteiger partial charge is 0.251 e. The highest BCUT2D eigenvalue weighted by atomic mass is 16.2. The first-order valence-electron chi connectivity index (χ1n) is 7.30. The molecule has 2 N–H and O–H groups in total. The zero-order valence-corrected chi connectivity index (χ0v) is 12.6. The number of rotatable bonds is 3.